The molecule has 0 spiro atoms. The molecule has 110 valence electrons. The SMILES string of the molecule is O=C(c1cc(F)cc(F)c1)N(CCO)CC1CCCN1. The Balaban J connectivity index is 2.12. The summed E-state index contributed by atoms with van der Waals surface area (Å²) in [5, 5.41) is 12.3. The lowest BCUT2D eigenvalue weighted by Gasteiger charge is -2.25. The molecule has 0 radical (unpaired) electrons. The van der Waals surface area contributed by atoms with E-state index in [1.54, 1.807) is 0 Å². The van der Waals surface area contributed by atoms with Crippen LogP contribution in [0.25, 0.3) is 0 Å². The molecule has 1 aliphatic rings. The average Bonchev–Trinajstić information content (AvgIpc) is 2.89. The molecule has 1 aliphatic heterocycles. The van der Waals surface area contributed by atoms with Gasteiger partial charge in [-0.15, -0.1) is 0 Å². The van der Waals surface area contributed by atoms with Crippen LogP contribution in [-0.4, -0.2) is 48.2 Å². The van der Waals surface area contributed by atoms with Crippen LogP contribution in [0.2, 0.25) is 0 Å². The third-order valence-electron chi connectivity index (χ3n) is 3.37. The smallest absolute Gasteiger partial charge is 0.254 e. The summed E-state index contributed by atoms with van der Waals surface area (Å²) in [4.78, 5) is 13.7. The first kappa shape index (κ1) is 14.9. The Labute approximate surface area is 116 Å². The van der Waals surface area contributed by atoms with E-state index in [9.17, 15) is 13.6 Å². The first-order valence-corrected chi connectivity index (χ1v) is 6.70. The Morgan fingerprint density at radius 2 is 2.05 bits per heavy atom. The van der Waals surface area contributed by atoms with Crippen molar-refractivity contribution in [3.05, 3.63) is 35.4 Å². The van der Waals surface area contributed by atoms with Gasteiger partial charge in [-0.2, -0.15) is 0 Å². The van der Waals surface area contributed by atoms with Gasteiger partial charge in [-0.25, -0.2) is 8.78 Å². The third-order valence-corrected chi connectivity index (χ3v) is 3.37. The highest BCUT2D eigenvalue weighted by Crippen LogP contribution is 2.13. The minimum atomic E-state index is -0.781. The number of aliphatic hydroxyl groups excluding tert-OH is 1. The first-order chi connectivity index (χ1) is 9.60. The van der Waals surface area contributed by atoms with Gasteiger partial charge in [0, 0.05) is 30.8 Å². The summed E-state index contributed by atoms with van der Waals surface area (Å²) in [5.41, 5.74) is -0.0334. The van der Waals surface area contributed by atoms with Crippen molar-refractivity contribution in [3.63, 3.8) is 0 Å². The number of rotatable bonds is 5. The van der Waals surface area contributed by atoms with Crippen LogP contribution in [0.4, 0.5) is 8.78 Å². The van der Waals surface area contributed by atoms with Crippen LogP contribution in [0.15, 0.2) is 18.2 Å². The van der Waals surface area contributed by atoms with Crippen molar-refractivity contribution >= 4 is 5.91 Å². The van der Waals surface area contributed by atoms with E-state index in [0.29, 0.717) is 6.54 Å². The standard InChI is InChI=1S/C14H18F2N2O2/c15-11-6-10(7-12(16)8-11)14(20)18(4-5-19)9-13-2-1-3-17-13/h6-8,13,17,19H,1-5,9H2. The molecule has 1 fully saturated rings. The molecule has 1 saturated heterocycles. The molecule has 1 heterocycles. The summed E-state index contributed by atoms with van der Waals surface area (Å²) in [7, 11) is 0. The van der Waals surface area contributed by atoms with E-state index < -0.39 is 17.5 Å². The zero-order chi connectivity index (χ0) is 14.5. The number of nitrogens with zero attached hydrogens (tertiary/aromatic N) is 1. The number of nitrogens with one attached hydrogen (secondary N) is 1. The maximum absolute atomic E-state index is 13.2. The second-order valence-electron chi connectivity index (χ2n) is 4.93. The second-order valence-corrected chi connectivity index (χ2v) is 4.93. The predicted molar refractivity (Wildman–Crippen MR) is 70.4 cm³/mol. The van der Waals surface area contributed by atoms with Crippen molar-refractivity contribution < 1.29 is 18.7 Å². The monoisotopic (exact) mass is 284 g/mol. The molecular formula is C14H18F2N2O2. The van der Waals surface area contributed by atoms with Gasteiger partial charge in [0.2, 0.25) is 0 Å². The van der Waals surface area contributed by atoms with Crippen LogP contribution in [0.5, 0.6) is 0 Å². The number of aliphatic hydroxyl groups is 1. The molecule has 0 saturated carbocycles. The Morgan fingerprint density at radius 1 is 1.35 bits per heavy atom. The molecular weight excluding hydrogens is 266 g/mol. The highest BCUT2D eigenvalue weighted by molar-refractivity contribution is 5.94. The van der Waals surface area contributed by atoms with Gasteiger partial charge in [-0.3, -0.25) is 4.79 Å². The Hall–Kier alpha value is -1.53. The molecule has 4 nitrogen and oxygen atoms in total. The van der Waals surface area contributed by atoms with E-state index in [1.807, 2.05) is 0 Å². The number of benzene rings is 1. The Morgan fingerprint density at radius 3 is 2.60 bits per heavy atom. The molecule has 2 rings (SSSR count). The molecule has 0 aliphatic carbocycles. The maximum atomic E-state index is 13.2. The molecule has 1 amide bonds. The summed E-state index contributed by atoms with van der Waals surface area (Å²) in [5.74, 6) is -2.03. The van der Waals surface area contributed by atoms with Gasteiger partial charge in [-0.1, -0.05) is 0 Å². The van der Waals surface area contributed by atoms with Gasteiger partial charge in [0.25, 0.3) is 5.91 Å². The van der Waals surface area contributed by atoms with Crippen LogP contribution in [0, 0.1) is 11.6 Å². The summed E-state index contributed by atoms with van der Waals surface area (Å²) < 4.78 is 26.3. The van der Waals surface area contributed by atoms with Crippen LogP contribution < -0.4 is 5.32 Å². The van der Waals surface area contributed by atoms with Crippen molar-refractivity contribution in [1.29, 1.82) is 0 Å². The fourth-order valence-corrected chi connectivity index (χ4v) is 2.43. The minimum Gasteiger partial charge on any atom is -0.395 e. The van der Waals surface area contributed by atoms with Gasteiger partial charge in [0.15, 0.2) is 0 Å². The molecule has 20 heavy (non-hydrogen) atoms. The molecule has 6 heteroatoms. The summed E-state index contributed by atoms with van der Waals surface area (Å²) in [6.45, 7) is 1.29. The highest BCUT2D eigenvalue weighted by Gasteiger charge is 2.22. The summed E-state index contributed by atoms with van der Waals surface area (Å²) in [6.07, 6.45) is 1.99. The number of amides is 1. The zero-order valence-corrected chi connectivity index (χ0v) is 11.1. The topological polar surface area (TPSA) is 52.6 Å². The Kier molecular flexibility index (Phi) is 5.03. The van der Waals surface area contributed by atoms with Gasteiger partial charge in [0.1, 0.15) is 11.6 Å². The van der Waals surface area contributed by atoms with E-state index in [0.717, 1.165) is 37.6 Å². The molecule has 1 atom stereocenters. The van der Waals surface area contributed by atoms with Crippen molar-refractivity contribution in [3.8, 4) is 0 Å². The van der Waals surface area contributed by atoms with Crippen LogP contribution in [0.1, 0.15) is 23.2 Å². The van der Waals surface area contributed by atoms with Crippen LogP contribution >= 0.6 is 0 Å². The van der Waals surface area contributed by atoms with Crippen molar-refractivity contribution in [1.82, 2.24) is 10.2 Å². The van der Waals surface area contributed by atoms with Crippen molar-refractivity contribution in [2.24, 2.45) is 0 Å². The first-order valence-electron chi connectivity index (χ1n) is 6.70. The fraction of sp³-hybridized carbons (Fsp3) is 0.500. The molecule has 1 aromatic carbocycles. The molecule has 0 bridgehead atoms. The van der Waals surface area contributed by atoms with E-state index in [4.69, 9.17) is 5.11 Å². The predicted octanol–water partition coefficient (Wildman–Crippen LogP) is 1.15. The van der Waals surface area contributed by atoms with Crippen LogP contribution in [-0.2, 0) is 0 Å². The van der Waals surface area contributed by atoms with E-state index in [2.05, 4.69) is 5.32 Å². The second kappa shape index (κ2) is 6.76. The largest absolute Gasteiger partial charge is 0.395 e. The highest BCUT2D eigenvalue weighted by atomic mass is 19.1. The average molecular weight is 284 g/mol. The molecule has 1 aromatic rings. The lowest BCUT2D eigenvalue weighted by atomic mass is 10.1. The van der Waals surface area contributed by atoms with Gasteiger partial charge >= 0.3 is 0 Å². The quantitative estimate of drug-likeness (QED) is 0.853. The normalized spacial score (nSPS) is 18.2. The lowest BCUT2D eigenvalue weighted by molar-refractivity contribution is 0.0705. The van der Waals surface area contributed by atoms with Crippen molar-refractivity contribution in [2.75, 3.05) is 26.2 Å². The summed E-state index contributed by atoms with van der Waals surface area (Å²) >= 11 is 0. The third kappa shape index (κ3) is 3.74. The Bertz CT molecular complexity index is 456. The zero-order valence-electron chi connectivity index (χ0n) is 11.1. The van der Waals surface area contributed by atoms with E-state index in [1.165, 1.54) is 4.90 Å². The molecule has 0 aromatic heterocycles. The van der Waals surface area contributed by atoms with Crippen molar-refractivity contribution in [2.45, 2.75) is 18.9 Å². The van der Waals surface area contributed by atoms with Gasteiger partial charge in [0.05, 0.1) is 6.61 Å². The van der Waals surface area contributed by atoms with Gasteiger partial charge < -0.3 is 15.3 Å². The maximum Gasteiger partial charge on any atom is 0.254 e. The lowest BCUT2D eigenvalue weighted by Crippen LogP contribution is -2.42. The fourth-order valence-electron chi connectivity index (χ4n) is 2.43. The number of carbonyl (C=O) groups is 1. The molecule has 1 unspecified atom stereocenters. The van der Waals surface area contributed by atoms with E-state index in [-0.39, 0.29) is 24.8 Å². The van der Waals surface area contributed by atoms with E-state index >= 15 is 0 Å². The van der Waals surface area contributed by atoms with Gasteiger partial charge in [-0.05, 0) is 31.5 Å². The number of hydrogen-bond acceptors (Lipinski definition) is 3. The molecule has 2 N–H and O–H groups in total. The summed E-state index contributed by atoms with van der Waals surface area (Å²) in [6, 6.07) is 2.92. The number of hydrogen-bond donors (Lipinski definition) is 2. The number of carbonyl (C=O) groups excluding carboxylic acids is 1. The number of halogens is 2. The van der Waals surface area contributed by atoms with Crippen LogP contribution in [0.3, 0.4) is 0 Å². The minimum absolute atomic E-state index is 0.0334.